The molecule has 0 spiro atoms. The van der Waals surface area contributed by atoms with Crippen LogP contribution < -0.4 is 0 Å². The fraction of sp³-hybridized carbons (Fsp3) is 0.754. The molecule has 4 heterocycles. The van der Waals surface area contributed by atoms with E-state index in [4.69, 9.17) is 43.2 Å². The molecule has 0 radical (unpaired) electrons. The quantitative estimate of drug-likeness (QED) is 0.0727. The Bertz CT molecular complexity index is 2160. The number of carbonyl (C=O) groups excluding carboxylic acids is 1. The van der Waals surface area contributed by atoms with Gasteiger partial charge in [-0.25, -0.2) is 0 Å². The van der Waals surface area contributed by atoms with Gasteiger partial charge in [-0.2, -0.15) is 0 Å². The lowest BCUT2D eigenvalue weighted by Crippen LogP contribution is -2.61. The van der Waals surface area contributed by atoms with Crippen LogP contribution in [-0.2, 0) is 49.3 Å². The number of methoxy groups -OCH3 is 2. The number of cyclic esters (lactones) is 1. The van der Waals surface area contributed by atoms with Gasteiger partial charge in [0.2, 0.25) is 0 Å². The van der Waals surface area contributed by atoms with Crippen LogP contribution >= 0.6 is 0 Å². The van der Waals surface area contributed by atoms with Gasteiger partial charge in [0, 0.05) is 83.7 Å². The molecule has 0 amide bonds. The molecule has 4 fully saturated rings. The molecule has 2 aromatic carbocycles. The van der Waals surface area contributed by atoms with Crippen LogP contribution in [0.15, 0.2) is 59.8 Å². The second-order valence-corrected chi connectivity index (χ2v) is 22.7. The molecule has 2 aromatic rings. The van der Waals surface area contributed by atoms with Crippen LogP contribution in [-0.4, -0.2) is 199 Å². The average Bonchev–Trinajstić information content (AvgIpc) is 3.37. The molecular weight excluding hydrogens is 949 g/mol. The Morgan fingerprint density at radius 2 is 1.53 bits per heavy atom. The second kappa shape index (κ2) is 26.0. The molecule has 17 nitrogen and oxygen atoms in total. The highest BCUT2D eigenvalue weighted by molar-refractivity contribution is 5.89. The number of aliphatic hydroxyl groups excluding tert-OH is 3. The third-order valence-corrected chi connectivity index (χ3v) is 16.9. The van der Waals surface area contributed by atoms with E-state index in [-0.39, 0.29) is 38.0 Å². The van der Waals surface area contributed by atoms with Crippen LogP contribution in [0.3, 0.4) is 0 Å². The number of hydrogen-bond donors (Lipinski definition) is 4. The first-order valence-electron chi connectivity index (χ1n) is 27.1. The summed E-state index contributed by atoms with van der Waals surface area (Å²) >= 11 is 0. The minimum Gasteiger partial charge on any atom is -0.459 e. The smallest absolute Gasteiger partial charge is 0.311 e. The maximum Gasteiger partial charge on any atom is 0.311 e. The number of hydrogen-bond acceptors (Lipinski definition) is 17. The number of oxime groups is 1. The molecule has 418 valence electrons. The summed E-state index contributed by atoms with van der Waals surface area (Å²) in [4.78, 5) is 27.6. The molecule has 0 aromatic heterocycles. The van der Waals surface area contributed by atoms with E-state index >= 15 is 0 Å². The van der Waals surface area contributed by atoms with Crippen LogP contribution in [0.2, 0.25) is 0 Å². The molecule has 17 heteroatoms. The number of benzene rings is 2. The molecule has 6 rings (SSSR count). The minimum absolute atomic E-state index is 0.124. The largest absolute Gasteiger partial charge is 0.459 e. The van der Waals surface area contributed by atoms with Crippen molar-refractivity contribution in [3.05, 3.63) is 60.2 Å². The zero-order valence-corrected chi connectivity index (χ0v) is 46.9. The lowest BCUT2D eigenvalue weighted by molar-refractivity contribution is -0.319. The van der Waals surface area contributed by atoms with Crippen molar-refractivity contribution in [1.82, 2.24) is 14.7 Å². The van der Waals surface area contributed by atoms with Crippen LogP contribution in [0.5, 0.6) is 0 Å². The highest BCUT2D eigenvalue weighted by atomic mass is 16.7. The van der Waals surface area contributed by atoms with Crippen molar-refractivity contribution >= 4 is 22.5 Å². The average molecular weight is 1040 g/mol. The first-order valence-corrected chi connectivity index (χ1v) is 27.1. The first-order chi connectivity index (χ1) is 35.0. The van der Waals surface area contributed by atoms with Crippen molar-refractivity contribution in [1.29, 1.82) is 0 Å². The van der Waals surface area contributed by atoms with Crippen molar-refractivity contribution in [3.8, 4) is 0 Å². The van der Waals surface area contributed by atoms with E-state index in [0.717, 1.165) is 49.1 Å². The summed E-state index contributed by atoms with van der Waals surface area (Å²) in [5.41, 5.74) is -2.67. The number of piperazine rings is 1. The Labute approximate surface area is 441 Å². The highest BCUT2D eigenvalue weighted by Gasteiger charge is 2.54. The molecular formula is C57H92N4O13. The third-order valence-electron chi connectivity index (χ3n) is 16.9. The summed E-state index contributed by atoms with van der Waals surface area (Å²) in [6.45, 7) is 23.6. The van der Waals surface area contributed by atoms with E-state index in [1.54, 1.807) is 41.7 Å². The van der Waals surface area contributed by atoms with Gasteiger partial charge >= 0.3 is 5.97 Å². The summed E-state index contributed by atoms with van der Waals surface area (Å²) in [5.74, 6) is -3.71. The van der Waals surface area contributed by atoms with Gasteiger partial charge in [0.1, 0.15) is 30.5 Å². The van der Waals surface area contributed by atoms with E-state index in [2.05, 4.69) is 58.2 Å². The minimum atomic E-state index is -1.93. The number of ether oxygens (including phenoxy) is 7. The fourth-order valence-corrected chi connectivity index (χ4v) is 11.9. The number of carbonyl (C=O) groups is 1. The number of likely N-dealkylation sites (N-methyl/N-ethyl adjacent to an activating group) is 2. The molecule has 74 heavy (non-hydrogen) atoms. The number of esters is 1. The van der Waals surface area contributed by atoms with Gasteiger partial charge in [-0.15, -0.1) is 0 Å². The zero-order chi connectivity index (χ0) is 54.3. The zero-order valence-electron chi connectivity index (χ0n) is 46.9. The molecule has 0 unspecified atom stereocenters. The molecule has 4 saturated heterocycles. The second-order valence-electron chi connectivity index (χ2n) is 22.7. The topological polar surface area (TPSA) is 194 Å². The summed E-state index contributed by atoms with van der Waals surface area (Å²) in [7, 11) is 7.25. The number of rotatable bonds is 15. The number of nitrogens with zero attached hydrogens (tertiary/aromatic N) is 4. The van der Waals surface area contributed by atoms with Crippen molar-refractivity contribution in [3.63, 3.8) is 0 Å². The Balaban J connectivity index is 1.39. The van der Waals surface area contributed by atoms with Crippen LogP contribution in [0.1, 0.15) is 100 Å². The van der Waals surface area contributed by atoms with Crippen molar-refractivity contribution in [2.75, 3.05) is 67.6 Å². The maximum absolute atomic E-state index is 14.8. The van der Waals surface area contributed by atoms with Gasteiger partial charge in [-0.3, -0.25) is 14.6 Å². The van der Waals surface area contributed by atoms with Gasteiger partial charge in [0.05, 0.1) is 53.4 Å². The Morgan fingerprint density at radius 1 is 0.851 bits per heavy atom. The number of aliphatic hydroxyl groups is 4. The van der Waals surface area contributed by atoms with E-state index in [9.17, 15) is 25.2 Å². The van der Waals surface area contributed by atoms with E-state index in [1.165, 1.54) is 14.0 Å². The summed E-state index contributed by atoms with van der Waals surface area (Å²) in [6, 6.07) is 14.3. The van der Waals surface area contributed by atoms with Gasteiger partial charge < -0.3 is 63.3 Å². The van der Waals surface area contributed by atoms with E-state index in [1.807, 2.05) is 53.0 Å². The molecule has 4 aliphatic rings. The van der Waals surface area contributed by atoms with Crippen LogP contribution in [0.25, 0.3) is 10.8 Å². The maximum atomic E-state index is 14.8. The molecule has 0 bridgehead atoms. The van der Waals surface area contributed by atoms with Crippen molar-refractivity contribution in [2.45, 2.75) is 186 Å². The van der Waals surface area contributed by atoms with E-state index in [0.29, 0.717) is 18.7 Å². The molecule has 18 atom stereocenters. The molecule has 4 aliphatic heterocycles. The van der Waals surface area contributed by atoms with Gasteiger partial charge in [0.15, 0.2) is 12.6 Å². The Kier molecular flexibility index (Phi) is 21.1. The molecule has 4 N–H and O–H groups in total. The first kappa shape index (κ1) is 60.1. The monoisotopic (exact) mass is 1040 g/mol. The summed E-state index contributed by atoms with van der Waals surface area (Å²) in [6.07, 6.45) is -4.76. The lowest BCUT2D eigenvalue weighted by Gasteiger charge is -2.50. The Hall–Kier alpha value is -3.14. The van der Waals surface area contributed by atoms with Gasteiger partial charge in [-0.1, -0.05) is 75.3 Å². The van der Waals surface area contributed by atoms with Gasteiger partial charge in [-0.05, 0) is 103 Å². The Morgan fingerprint density at radius 3 is 2.19 bits per heavy atom. The summed E-state index contributed by atoms with van der Waals surface area (Å²) in [5, 5.41) is 55.2. The predicted molar refractivity (Wildman–Crippen MR) is 284 cm³/mol. The SMILES string of the molecule is CC[C@H]1OC(=O)[C@H](C)[C@@H](O[C@H]2C[C@@](C)(OC)[C@@H](O)[C@H](C)O2)[C@H](C)[C@@H](O[C@@H]2O[C@H](C)C[C@H](N(C)Cc3ccc4ccccc4c3)[C@H]2O)[C@@](C)(OC)C[C@@H](C)/C(=N\OC/C=C/CN2CCN(C)CC2)[C@H](C)[C@@H](O)[C@]1(C)O. The standard InChI is InChI=1S/C57H92N4O13/c1-15-45-57(10,66)50(63)37(4)47(58-69-29-19-18-24-61-27-25-59(11)26-28-61)35(2)32-56(9,68-14)52(38(5)49(39(6)53(65)72-45)73-46-33-55(8,67-13)51(64)40(7)71-46)74-54-48(62)44(30-36(3)70-54)60(12)34-41-22-23-42-20-16-17-21-43(42)31-41/h16-23,31,35-40,44-46,48-52,54,62-64,66H,15,24-30,32-34H2,1-14H3/b19-18+,58-47+/t35-,36-,37+,38+,39-,40+,44+,45-,46+,48-,49+,50-,51+,52-,54+,55-,56+,57-/m1/s1. The van der Waals surface area contributed by atoms with Crippen molar-refractivity contribution in [2.24, 2.45) is 28.8 Å². The fourth-order valence-electron chi connectivity index (χ4n) is 11.9. The molecule has 0 saturated carbocycles. The van der Waals surface area contributed by atoms with Crippen molar-refractivity contribution < 1.29 is 63.2 Å². The summed E-state index contributed by atoms with van der Waals surface area (Å²) < 4.78 is 45.8. The third kappa shape index (κ3) is 14.1. The lowest BCUT2D eigenvalue weighted by atomic mass is 9.73. The predicted octanol–water partition coefficient (Wildman–Crippen LogP) is 5.77. The van der Waals surface area contributed by atoms with Crippen LogP contribution in [0.4, 0.5) is 0 Å². The number of fused-ring (bicyclic) bond motifs is 1. The van der Waals surface area contributed by atoms with Crippen LogP contribution in [0, 0.1) is 23.7 Å². The van der Waals surface area contributed by atoms with E-state index < -0.39 is 102 Å². The molecule has 0 aliphatic carbocycles. The van der Waals surface area contributed by atoms with Gasteiger partial charge in [0.25, 0.3) is 0 Å². The highest BCUT2D eigenvalue weighted by Crippen LogP contribution is 2.42. The normalized spacial score (nSPS) is 40.4.